The lowest BCUT2D eigenvalue weighted by atomic mass is 10.1. The number of hydrogen-bond donors (Lipinski definition) is 1. The molecule has 1 N–H and O–H groups in total. The number of carbonyl (C=O) groups excluding carboxylic acids is 2. The van der Waals surface area contributed by atoms with E-state index in [0.717, 1.165) is 41.3 Å². The van der Waals surface area contributed by atoms with Gasteiger partial charge in [0.1, 0.15) is 10.8 Å². The van der Waals surface area contributed by atoms with Crippen molar-refractivity contribution in [3.8, 4) is 5.75 Å². The maximum Gasteiger partial charge on any atom is 0.264 e. The third-order valence-electron chi connectivity index (χ3n) is 6.30. The minimum Gasteiger partial charge on any atom is -0.497 e. The Balaban J connectivity index is 1.35. The number of methoxy groups -OCH3 is 1. The Labute approximate surface area is 205 Å². The van der Waals surface area contributed by atoms with Crippen molar-refractivity contribution >= 4 is 50.6 Å². The number of thioether (sulfide) groups is 1. The van der Waals surface area contributed by atoms with E-state index < -0.39 is 6.29 Å². The number of carbonyl (C=O) groups is 2. The predicted octanol–water partition coefficient (Wildman–Crippen LogP) is 4.49. The quantitative estimate of drug-likeness (QED) is 0.532. The van der Waals surface area contributed by atoms with Gasteiger partial charge in [-0.2, -0.15) is 5.10 Å². The number of amides is 1. The number of benzene rings is 2. The third-order valence-corrected chi connectivity index (χ3v) is 8.55. The lowest BCUT2D eigenvalue weighted by molar-refractivity contribution is 0.0967. The van der Waals surface area contributed by atoms with Crippen LogP contribution in [-0.4, -0.2) is 36.0 Å². The van der Waals surface area contributed by atoms with Crippen LogP contribution in [0.15, 0.2) is 59.7 Å². The van der Waals surface area contributed by atoms with Crippen molar-refractivity contribution in [3.05, 3.63) is 76.2 Å². The molecule has 1 amide bonds. The van der Waals surface area contributed by atoms with E-state index in [2.05, 4.69) is 15.4 Å². The molecule has 2 aliphatic heterocycles. The fourth-order valence-electron chi connectivity index (χ4n) is 4.65. The first kappa shape index (κ1) is 21.2. The van der Waals surface area contributed by atoms with Gasteiger partial charge < -0.3 is 4.74 Å². The second kappa shape index (κ2) is 8.48. The molecule has 1 atom stereocenters. The van der Waals surface area contributed by atoms with Crippen LogP contribution in [0.2, 0.25) is 0 Å². The number of anilines is 2. The lowest BCUT2D eigenvalue weighted by Crippen LogP contribution is -2.58. The Morgan fingerprint density at radius 1 is 1.15 bits per heavy atom. The van der Waals surface area contributed by atoms with Crippen molar-refractivity contribution in [1.29, 1.82) is 0 Å². The standard InChI is InChI=1S/C25H22N4O3S2/c1-32-17-12-10-16(11-13-17)28-22(31)21-18-8-5-9-20(18)34-23(21)29-24(28)26-27-25(29)33-14-19(30)15-6-3-2-4-7-15/h2-4,6-7,10-13,24,26H,5,8-9,14H2,1H3. The minimum absolute atomic E-state index is 0.0184. The first-order valence-corrected chi connectivity index (χ1v) is 12.9. The minimum atomic E-state index is -0.485. The number of amidine groups is 1. The molecule has 2 aromatic carbocycles. The number of ether oxygens (including phenoxy) is 1. The fraction of sp³-hybridized carbons (Fsp3) is 0.240. The number of rotatable bonds is 5. The van der Waals surface area contributed by atoms with E-state index in [0.29, 0.717) is 10.7 Å². The van der Waals surface area contributed by atoms with Crippen LogP contribution < -0.4 is 20.0 Å². The highest BCUT2D eigenvalue weighted by Crippen LogP contribution is 2.47. The highest BCUT2D eigenvalue weighted by Gasteiger charge is 2.47. The molecule has 0 saturated heterocycles. The van der Waals surface area contributed by atoms with Gasteiger partial charge in [-0.15, -0.1) is 11.3 Å². The zero-order chi connectivity index (χ0) is 23.2. The Morgan fingerprint density at radius 3 is 2.71 bits per heavy atom. The molecule has 1 aliphatic carbocycles. The van der Waals surface area contributed by atoms with Crippen LogP contribution in [0.1, 0.15) is 37.6 Å². The highest BCUT2D eigenvalue weighted by atomic mass is 32.2. The molecule has 3 aliphatic rings. The lowest BCUT2D eigenvalue weighted by Gasteiger charge is -2.39. The third kappa shape index (κ3) is 3.38. The summed E-state index contributed by atoms with van der Waals surface area (Å²) in [7, 11) is 1.62. The van der Waals surface area contributed by atoms with E-state index in [9.17, 15) is 9.59 Å². The summed E-state index contributed by atoms with van der Waals surface area (Å²) in [5.41, 5.74) is 6.53. The summed E-state index contributed by atoms with van der Waals surface area (Å²) in [4.78, 5) is 31.7. The molecule has 0 spiro atoms. The molecule has 0 saturated carbocycles. The van der Waals surface area contributed by atoms with E-state index in [1.54, 1.807) is 23.3 Å². The molecule has 0 bridgehead atoms. The summed E-state index contributed by atoms with van der Waals surface area (Å²) in [6.45, 7) is 0. The van der Waals surface area contributed by atoms with Crippen LogP contribution in [0.3, 0.4) is 0 Å². The van der Waals surface area contributed by atoms with Crippen LogP contribution in [0.5, 0.6) is 5.75 Å². The number of nitrogens with zero attached hydrogens (tertiary/aromatic N) is 3. The number of Topliss-reactive ketones (excluding diaryl/α,β-unsaturated/α-hetero) is 1. The van der Waals surface area contributed by atoms with E-state index in [1.165, 1.54) is 22.2 Å². The molecule has 1 unspecified atom stereocenters. The molecule has 7 nitrogen and oxygen atoms in total. The largest absolute Gasteiger partial charge is 0.497 e. The molecule has 0 radical (unpaired) electrons. The number of aryl methyl sites for hydroxylation is 1. The van der Waals surface area contributed by atoms with Crippen LogP contribution in [0.25, 0.3) is 0 Å². The number of nitrogens with one attached hydrogen (secondary N) is 1. The van der Waals surface area contributed by atoms with Crippen molar-refractivity contribution in [2.75, 3.05) is 22.7 Å². The monoisotopic (exact) mass is 490 g/mol. The average Bonchev–Trinajstić information content (AvgIpc) is 3.58. The predicted molar refractivity (Wildman–Crippen MR) is 136 cm³/mol. The smallest absolute Gasteiger partial charge is 0.264 e. The Bertz CT molecular complexity index is 1300. The van der Waals surface area contributed by atoms with Gasteiger partial charge in [-0.25, -0.2) is 0 Å². The van der Waals surface area contributed by atoms with E-state index >= 15 is 0 Å². The van der Waals surface area contributed by atoms with E-state index in [-0.39, 0.29) is 17.4 Å². The highest BCUT2D eigenvalue weighted by molar-refractivity contribution is 8.14. The number of thiophene rings is 1. The summed E-state index contributed by atoms with van der Waals surface area (Å²) >= 11 is 3.08. The Morgan fingerprint density at radius 2 is 1.94 bits per heavy atom. The molecule has 6 rings (SSSR count). The first-order chi connectivity index (χ1) is 16.7. The van der Waals surface area contributed by atoms with Crippen LogP contribution in [-0.2, 0) is 12.8 Å². The van der Waals surface area contributed by atoms with E-state index in [4.69, 9.17) is 4.74 Å². The van der Waals surface area contributed by atoms with Crippen molar-refractivity contribution in [1.82, 2.24) is 5.43 Å². The molecule has 172 valence electrons. The van der Waals surface area contributed by atoms with Crippen LogP contribution in [0, 0.1) is 0 Å². The number of hydrogen-bond acceptors (Lipinski definition) is 8. The van der Waals surface area contributed by atoms with Gasteiger partial charge in [-0.3, -0.25) is 24.8 Å². The maximum atomic E-state index is 13.8. The molecule has 34 heavy (non-hydrogen) atoms. The fourth-order valence-corrected chi connectivity index (χ4v) is 6.99. The zero-order valence-corrected chi connectivity index (χ0v) is 20.1. The number of fused-ring (bicyclic) bond motifs is 5. The van der Waals surface area contributed by atoms with Gasteiger partial charge in [0, 0.05) is 16.1 Å². The Kier molecular flexibility index (Phi) is 5.30. The number of hydrazone groups is 1. The first-order valence-electron chi connectivity index (χ1n) is 11.1. The van der Waals surface area contributed by atoms with Gasteiger partial charge in [-0.05, 0) is 49.1 Å². The molecule has 9 heteroatoms. The summed E-state index contributed by atoms with van der Waals surface area (Å²) < 4.78 is 5.30. The zero-order valence-electron chi connectivity index (χ0n) is 18.5. The number of ketones is 1. The van der Waals surface area contributed by atoms with E-state index in [1.807, 2.05) is 54.6 Å². The van der Waals surface area contributed by atoms with Gasteiger partial charge in [0.25, 0.3) is 5.91 Å². The average molecular weight is 491 g/mol. The SMILES string of the molecule is COc1ccc(N2C(=O)c3c(sc4c3CCC4)N3C(SCC(=O)c4ccccc4)=NNC23)cc1. The van der Waals surface area contributed by atoms with Crippen molar-refractivity contribution < 1.29 is 14.3 Å². The molecule has 3 aromatic rings. The van der Waals surface area contributed by atoms with Crippen molar-refractivity contribution in [2.45, 2.75) is 25.6 Å². The summed E-state index contributed by atoms with van der Waals surface area (Å²) in [5.74, 6) is 1.03. The van der Waals surface area contributed by atoms with Gasteiger partial charge in [0.05, 0.1) is 18.4 Å². The molecular formula is C25H22N4O3S2. The van der Waals surface area contributed by atoms with Gasteiger partial charge in [0.2, 0.25) is 6.29 Å². The van der Waals surface area contributed by atoms with Crippen LogP contribution >= 0.6 is 23.1 Å². The van der Waals surface area contributed by atoms with Crippen molar-refractivity contribution in [2.24, 2.45) is 5.10 Å². The van der Waals surface area contributed by atoms with Gasteiger partial charge in [-0.1, -0.05) is 42.1 Å². The molecule has 3 heterocycles. The van der Waals surface area contributed by atoms with Crippen LogP contribution in [0.4, 0.5) is 10.7 Å². The van der Waals surface area contributed by atoms with Gasteiger partial charge >= 0.3 is 0 Å². The molecule has 1 aromatic heterocycles. The Hall–Kier alpha value is -3.30. The second-order valence-corrected chi connectivity index (χ2v) is 10.3. The summed E-state index contributed by atoms with van der Waals surface area (Å²) in [6, 6.07) is 16.8. The maximum absolute atomic E-state index is 13.8. The summed E-state index contributed by atoms with van der Waals surface area (Å²) in [6.07, 6.45) is 2.51. The molecule has 0 fully saturated rings. The summed E-state index contributed by atoms with van der Waals surface area (Å²) in [5, 5.41) is 6.18. The topological polar surface area (TPSA) is 74.2 Å². The molecular weight excluding hydrogens is 468 g/mol. The van der Waals surface area contributed by atoms with Gasteiger partial charge in [0.15, 0.2) is 11.0 Å². The normalized spacial score (nSPS) is 18.2. The second-order valence-electron chi connectivity index (χ2n) is 8.26. The van der Waals surface area contributed by atoms with Crippen molar-refractivity contribution in [3.63, 3.8) is 0 Å².